The molecule has 116 valence electrons. The minimum Gasteiger partial charge on any atom is -0.504 e. The number of hydrogen-bond acceptors (Lipinski definition) is 7. The van der Waals surface area contributed by atoms with Gasteiger partial charge in [-0.25, -0.2) is 4.79 Å². The predicted molar refractivity (Wildman–Crippen MR) is 78.8 cm³/mol. The fourth-order valence-corrected chi connectivity index (χ4v) is 2.57. The standard InChI is InChI=1S/C16H12N2O5/c1-7-4-12-14(16(21)22-7)13(9(6-17)15(18)23-12)8-2-3-10(19)11(20)5-8/h2-5,13,19-20H,18H2,1H3/t13-/m0/s1. The van der Waals surface area contributed by atoms with Crippen LogP contribution in [0.4, 0.5) is 0 Å². The maximum Gasteiger partial charge on any atom is 0.343 e. The number of fused-ring (bicyclic) bond motifs is 1. The van der Waals surface area contributed by atoms with Crippen LogP contribution in [0.2, 0.25) is 0 Å². The molecule has 1 aliphatic rings. The predicted octanol–water partition coefficient (Wildman–Crippen LogP) is 1.58. The molecule has 0 fully saturated rings. The zero-order chi connectivity index (χ0) is 16.7. The number of benzene rings is 1. The van der Waals surface area contributed by atoms with Gasteiger partial charge < -0.3 is 25.1 Å². The highest BCUT2D eigenvalue weighted by Crippen LogP contribution is 2.42. The van der Waals surface area contributed by atoms with Gasteiger partial charge in [0.05, 0.1) is 11.5 Å². The topological polar surface area (TPSA) is 130 Å². The molecule has 1 atom stereocenters. The maximum atomic E-state index is 12.3. The normalized spacial score (nSPS) is 16.4. The van der Waals surface area contributed by atoms with Crippen LogP contribution in [0.25, 0.3) is 0 Å². The van der Waals surface area contributed by atoms with E-state index in [0.717, 1.165) is 0 Å². The molecule has 0 saturated carbocycles. The first-order valence-corrected chi connectivity index (χ1v) is 6.66. The highest BCUT2D eigenvalue weighted by atomic mass is 16.5. The monoisotopic (exact) mass is 312 g/mol. The summed E-state index contributed by atoms with van der Waals surface area (Å²) in [4.78, 5) is 12.3. The quantitative estimate of drug-likeness (QED) is 0.681. The first-order chi connectivity index (χ1) is 10.9. The van der Waals surface area contributed by atoms with Crippen LogP contribution in [0, 0.1) is 18.3 Å². The Labute approximate surface area is 130 Å². The summed E-state index contributed by atoms with van der Waals surface area (Å²) in [5.41, 5.74) is 5.68. The van der Waals surface area contributed by atoms with E-state index in [2.05, 4.69) is 0 Å². The zero-order valence-electron chi connectivity index (χ0n) is 12.0. The van der Waals surface area contributed by atoms with Crippen molar-refractivity contribution in [2.75, 3.05) is 0 Å². The fourth-order valence-electron chi connectivity index (χ4n) is 2.57. The van der Waals surface area contributed by atoms with E-state index in [4.69, 9.17) is 14.9 Å². The lowest BCUT2D eigenvalue weighted by molar-refractivity contribution is 0.371. The highest BCUT2D eigenvalue weighted by molar-refractivity contribution is 5.56. The van der Waals surface area contributed by atoms with E-state index in [0.29, 0.717) is 11.3 Å². The number of rotatable bonds is 1. The molecule has 1 aromatic heterocycles. The molecule has 7 heteroatoms. The first-order valence-electron chi connectivity index (χ1n) is 6.66. The number of ether oxygens (including phenoxy) is 1. The Morgan fingerprint density at radius 1 is 1.26 bits per heavy atom. The van der Waals surface area contributed by atoms with Crippen molar-refractivity contribution < 1.29 is 19.4 Å². The van der Waals surface area contributed by atoms with Crippen molar-refractivity contribution >= 4 is 0 Å². The smallest absolute Gasteiger partial charge is 0.343 e. The molecule has 0 unspecified atom stereocenters. The van der Waals surface area contributed by atoms with E-state index >= 15 is 0 Å². The number of aryl methyl sites for hydroxylation is 1. The van der Waals surface area contributed by atoms with Gasteiger partial charge in [0.2, 0.25) is 5.88 Å². The lowest BCUT2D eigenvalue weighted by atomic mass is 9.84. The minimum atomic E-state index is -0.855. The maximum absolute atomic E-state index is 12.3. The number of allylic oxidation sites excluding steroid dienone is 1. The van der Waals surface area contributed by atoms with Crippen molar-refractivity contribution in [1.82, 2.24) is 0 Å². The fraction of sp³-hybridized carbons (Fsp3) is 0.125. The average molecular weight is 312 g/mol. The van der Waals surface area contributed by atoms with Crippen molar-refractivity contribution in [2.24, 2.45) is 5.73 Å². The summed E-state index contributed by atoms with van der Waals surface area (Å²) in [6, 6.07) is 7.44. The van der Waals surface area contributed by atoms with Gasteiger partial charge in [0.1, 0.15) is 23.2 Å². The largest absolute Gasteiger partial charge is 0.504 e. The number of phenols is 2. The van der Waals surface area contributed by atoms with Crippen molar-refractivity contribution in [1.29, 1.82) is 5.26 Å². The Balaban J connectivity index is 2.31. The molecule has 0 saturated heterocycles. The van der Waals surface area contributed by atoms with Gasteiger partial charge in [0.25, 0.3) is 0 Å². The number of aromatic hydroxyl groups is 2. The van der Waals surface area contributed by atoms with E-state index < -0.39 is 11.5 Å². The molecule has 23 heavy (non-hydrogen) atoms. The Hall–Kier alpha value is -3.40. The highest BCUT2D eigenvalue weighted by Gasteiger charge is 2.34. The Morgan fingerprint density at radius 3 is 2.65 bits per heavy atom. The minimum absolute atomic E-state index is 0.0266. The van der Waals surface area contributed by atoms with Crippen molar-refractivity contribution in [3.63, 3.8) is 0 Å². The van der Waals surface area contributed by atoms with Gasteiger partial charge in [-0.05, 0) is 24.6 Å². The molecular formula is C16H12N2O5. The molecular weight excluding hydrogens is 300 g/mol. The number of phenolic OH excluding ortho intramolecular Hbond substituents is 2. The van der Waals surface area contributed by atoms with Gasteiger partial charge in [-0.1, -0.05) is 6.07 Å². The SMILES string of the molecule is Cc1cc2c(c(=O)o1)[C@@H](c1ccc(O)c(O)c1)C(C#N)=C(N)O2. The summed E-state index contributed by atoms with van der Waals surface area (Å²) in [7, 11) is 0. The van der Waals surface area contributed by atoms with Crippen LogP contribution in [-0.2, 0) is 0 Å². The van der Waals surface area contributed by atoms with Crippen molar-refractivity contribution in [3.8, 4) is 23.3 Å². The summed E-state index contributed by atoms with van der Waals surface area (Å²) >= 11 is 0. The molecule has 3 rings (SSSR count). The number of nitriles is 1. The van der Waals surface area contributed by atoms with E-state index in [1.807, 2.05) is 6.07 Å². The van der Waals surface area contributed by atoms with Crippen LogP contribution in [-0.4, -0.2) is 10.2 Å². The van der Waals surface area contributed by atoms with E-state index in [1.165, 1.54) is 24.3 Å². The molecule has 2 aromatic rings. The molecule has 0 radical (unpaired) electrons. The lowest BCUT2D eigenvalue weighted by Crippen LogP contribution is -2.26. The van der Waals surface area contributed by atoms with Crippen LogP contribution >= 0.6 is 0 Å². The van der Waals surface area contributed by atoms with Crippen molar-refractivity contribution in [2.45, 2.75) is 12.8 Å². The second kappa shape index (κ2) is 5.10. The average Bonchev–Trinajstić information content (AvgIpc) is 2.48. The Kier molecular flexibility index (Phi) is 3.22. The molecule has 1 aliphatic heterocycles. The summed E-state index contributed by atoms with van der Waals surface area (Å²) in [5.74, 6) is -1.12. The molecule has 0 amide bonds. The van der Waals surface area contributed by atoms with Crippen LogP contribution in [0.3, 0.4) is 0 Å². The van der Waals surface area contributed by atoms with Gasteiger partial charge in [0.15, 0.2) is 11.5 Å². The molecule has 0 aliphatic carbocycles. The first kappa shape index (κ1) is 14.5. The zero-order valence-corrected chi connectivity index (χ0v) is 12.0. The third-order valence-corrected chi connectivity index (χ3v) is 3.59. The van der Waals surface area contributed by atoms with Crippen LogP contribution < -0.4 is 16.1 Å². The molecule has 7 nitrogen and oxygen atoms in total. The van der Waals surface area contributed by atoms with E-state index in [9.17, 15) is 20.3 Å². The molecule has 2 heterocycles. The molecule has 0 spiro atoms. The summed E-state index contributed by atoms with van der Waals surface area (Å²) in [6.07, 6.45) is 0. The van der Waals surface area contributed by atoms with Gasteiger partial charge in [-0.3, -0.25) is 0 Å². The Bertz CT molecular complexity index is 936. The summed E-state index contributed by atoms with van der Waals surface area (Å²) in [5, 5.41) is 28.5. The van der Waals surface area contributed by atoms with E-state index in [-0.39, 0.29) is 34.3 Å². The molecule has 0 bridgehead atoms. The molecule has 1 aromatic carbocycles. The van der Waals surface area contributed by atoms with Crippen LogP contribution in [0.5, 0.6) is 17.2 Å². The summed E-state index contributed by atoms with van der Waals surface area (Å²) in [6.45, 7) is 1.59. The van der Waals surface area contributed by atoms with Crippen LogP contribution in [0.1, 0.15) is 22.8 Å². The van der Waals surface area contributed by atoms with Gasteiger partial charge in [-0.15, -0.1) is 0 Å². The Morgan fingerprint density at radius 2 is 2.00 bits per heavy atom. The van der Waals surface area contributed by atoms with Crippen LogP contribution in [0.15, 0.2) is 44.9 Å². The van der Waals surface area contributed by atoms with Crippen molar-refractivity contribution in [3.05, 3.63) is 63.0 Å². The van der Waals surface area contributed by atoms with E-state index in [1.54, 1.807) is 6.92 Å². The molecule has 4 N–H and O–H groups in total. The second-order valence-corrected chi connectivity index (χ2v) is 5.10. The number of nitrogens with zero attached hydrogens (tertiary/aromatic N) is 1. The third kappa shape index (κ3) is 2.26. The van der Waals surface area contributed by atoms with Gasteiger partial charge >= 0.3 is 5.63 Å². The number of hydrogen-bond donors (Lipinski definition) is 3. The lowest BCUT2D eigenvalue weighted by Gasteiger charge is -2.25. The second-order valence-electron chi connectivity index (χ2n) is 5.10. The summed E-state index contributed by atoms with van der Waals surface area (Å²) < 4.78 is 10.5. The van der Waals surface area contributed by atoms with Gasteiger partial charge in [0, 0.05) is 6.07 Å². The number of nitrogens with two attached hydrogens (primary N) is 1. The van der Waals surface area contributed by atoms with Gasteiger partial charge in [-0.2, -0.15) is 5.26 Å². The third-order valence-electron chi connectivity index (χ3n) is 3.59.